The van der Waals surface area contributed by atoms with Crippen LogP contribution in [0.25, 0.3) is 10.9 Å². The minimum Gasteiger partial charge on any atom is -0.491 e. The van der Waals surface area contributed by atoms with Gasteiger partial charge in [0.25, 0.3) is 5.91 Å². The van der Waals surface area contributed by atoms with E-state index in [4.69, 9.17) is 9.47 Å². The van der Waals surface area contributed by atoms with Crippen molar-refractivity contribution >= 4 is 22.6 Å². The van der Waals surface area contributed by atoms with E-state index in [9.17, 15) is 18.0 Å². The maximum Gasteiger partial charge on any atom is 0.408 e. The molecule has 3 rings (SSSR count). The molecule has 0 radical (unpaired) electrons. The Labute approximate surface area is 148 Å². The molecule has 0 aliphatic carbocycles. The number of benzene rings is 1. The molecule has 1 aliphatic rings. The number of rotatable bonds is 5. The van der Waals surface area contributed by atoms with Crippen molar-refractivity contribution in [1.29, 1.82) is 0 Å². The summed E-state index contributed by atoms with van der Waals surface area (Å²) in [7, 11) is 0. The Morgan fingerprint density at radius 3 is 2.85 bits per heavy atom. The van der Waals surface area contributed by atoms with Crippen molar-refractivity contribution in [3.63, 3.8) is 0 Å². The lowest BCUT2D eigenvalue weighted by Crippen LogP contribution is -2.27. The maximum absolute atomic E-state index is 12.9. The van der Waals surface area contributed by atoms with E-state index in [1.807, 2.05) is 13.8 Å². The highest BCUT2D eigenvalue weighted by atomic mass is 19.4. The summed E-state index contributed by atoms with van der Waals surface area (Å²) in [5, 5.41) is 6.96. The summed E-state index contributed by atoms with van der Waals surface area (Å²) in [4.78, 5) is 12.2. The number of ether oxygens (including phenoxy) is 2. The van der Waals surface area contributed by atoms with Crippen LogP contribution in [0.4, 0.5) is 19.0 Å². The van der Waals surface area contributed by atoms with Crippen LogP contribution in [0.5, 0.6) is 5.75 Å². The van der Waals surface area contributed by atoms with Crippen LogP contribution in [-0.4, -0.2) is 40.7 Å². The fourth-order valence-corrected chi connectivity index (χ4v) is 2.86. The molecule has 26 heavy (non-hydrogen) atoms. The Hall–Kier alpha value is -2.29. The number of anilines is 1. The van der Waals surface area contributed by atoms with Gasteiger partial charge in [-0.1, -0.05) is 0 Å². The van der Waals surface area contributed by atoms with Crippen LogP contribution in [0.15, 0.2) is 18.2 Å². The lowest BCUT2D eigenvalue weighted by Gasteiger charge is -2.11. The molecule has 0 bridgehead atoms. The number of carbonyl (C=O) groups excluding carboxylic acids is 1. The molecule has 1 amide bonds. The predicted octanol–water partition coefficient (Wildman–Crippen LogP) is 3.50. The first-order valence-corrected chi connectivity index (χ1v) is 8.39. The maximum atomic E-state index is 12.9. The van der Waals surface area contributed by atoms with E-state index in [1.54, 1.807) is 12.1 Å². The molecule has 1 saturated heterocycles. The van der Waals surface area contributed by atoms with E-state index in [0.717, 1.165) is 11.1 Å². The second kappa shape index (κ2) is 7.14. The van der Waals surface area contributed by atoms with Crippen LogP contribution in [0.2, 0.25) is 0 Å². The number of carbonyl (C=O) groups is 1. The van der Waals surface area contributed by atoms with Crippen LogP contribution >= 0.6 is 0 Å². The smallest absolute Gasteiger partial charge is 0.408 e. The van der Waals surface area contributed by atoms with Gasteiger partial charge in [0.15, 0.2) is 5.82 Å². The molecule has 1 aromatic heterocycles. The van der Waals surface area contributed by atoms with Gasteiger partial charge in [-0.25, -0.2) is 0 Å². The fourth-order valence-electron chi connectivity index (χ4n) is 2.86. The summed E-state index contributed by atoms with van der Waals surface area (Å²) in [6.07, 6.45) is -3.80. The number of nitrogens with one attached hydrogen (secondary N) is 1. The van der Waals surface area contributed by atoms with Gasteiger partial charge in [-0.3, -0.25) is 9.48 Å². The molecular weight excluding hydrogens is 351 g/mol. The zero-order valence-electron chi connectivity index (χ0n) is 14.5. The highest BCUT2D eigenvalue weighted by Crippen LogP contribution is 2.30. The van der Waals surface area contributed by atoms with E-state index in [0.29, 0.717) is 24.2 Å². The first kappa shape index (κ1) is 18.5. The average molecular weight is 371 g/mol. The number of nitrogens with zero attached hydrogens (tertiary/aromatic N) is 2. The average Bonchev–Trinajstić information content (AvgIpc) is 3.15. The van der Waals surface area contributed by atoms with Gasteiger partial charge < -0.3 is 14.8 Å². The molecule has 1 N–H and O–H groups in total. The summed E-state index contributed by atoms with van der Waals surface area (Å²) < 4.78 is 50.4. The Morgan fingerprint density at radius 2 is 2.23 bits per heavy atom. The Bertz CT molecular complexity index is 796. The van der Waals surface area contributed by atoms with Crippen molar-refractivity contribution in [2.75, 3.05) is 11.9 Å². The lowest BCUT2D eigenvalue weighted by atomic mass is 10.2. The molecule has 2 aromatic rings. The molecule has 0 saturated carbocycles. The number of amides is 1. The third-order valence-electron chi connectivity index (χ3n) is 3.89. The van der Waals surface area contributed by atoms with Crippen molar-refractivity contribution < 1.29 is 27.4 Å². The topological polar surface area (TPSA) is 65.4 Å². The van der Waals surface area contributed by atoms with Crippen molar-refractivity contribution in [2.45, 2.75) is 51.6 Å². The summed E-state index contributed by atoms with van der Waals surface area (Å²) in [6.45, 7) is 2.89. The largest absolute Gasteiger partial charge is 0.491 e. The minimum atomic E-state index is -4.44. The normalized spacial score (nSPS) is 17.8. The van der Waals surface area contributed by atoms with Gasteiger partial charge >= 0.3 is 6.18 Å². The first-order chi connectivity index (χ1) is 12.2. The van der Waals surface area contributed by atoms with Crippen LogP contribution in [-0.2, 0) is 16.1 Å². The van der Waals surface area contributed by atoms with Crippen LogP contribution < -0.4 is 10.1 Å². The van der Waals surface area contributed by atoms with E-state index in [1.165, 1.54) is 6.07 Å². The van der Waals surface area contributed by atoms with Gasteiger partial charge in [-0.05, 0) is 38.8 Å². The number of fused-ring (bicyclic) bond motifs is 1. The number of alkyl halides is 3. The summed E-state index contributed by atoms with van der Waals surface area (Å²) in [5.41, 5.74) is 0.239. The molecule has 0 spiro atoms. The van der Waals surface area contributed by atoms with Gasteiger partial charge in [0.2, 0.25) is 0 Å². The molecular formula is C17H20F3N3O3. The number of hydrogen-bond acceptors (Lipinski definition) is 4. The van der Waals surface area contributed by atoms with Gasteiger partial charge in [0.1, 0.15) is 18.4 Å². The van der Waals surface area contributed by atoms with Crippen molar-refractivity contribution in [3.05, 3.63) is 18.2 Å². The second-order valence-corrected chi connectivity index (χ2v) is 6.46. The first-order valence-electron chi connectivity index (χ1n) is 8.39. The molecule has 142 valence electrons. The Morgan fingerprint density at radius 1 is 1.46 bits per heavy atom. The van der Waals surface area contributed by atoms with E-state index in [-0.39, 0.29) is 17.4 Å². The number of halogens is 3. The highest BCUT2D eigenvalue weighted by Gasteiger charge is 2.31. The number of aromatic nitrogens is 2. The Kier molecular flexibility index (Phi) is 5.08. The quantitative estimate of drug-likeness (QED) is 0.874. The van der Waals surface area contributed by atoms with Crippen LogP contribution in [0, 0.1) is 0 Å². The lowest BCUT2D eigenvalue weighted by molar-refractivity contribution is -0.141. The molecule has 6 nitrogen and oxygen atoms in total. The standard InChI is InChI=1S/C17H20F3N3O3/c1-10(2)26-11-5-6-12-13(8-11)23(9-17(18,19)20)22-15(12)21-16(24)14-4-3-7-25-14/h5-6,8,10,14H,3-4,7,9H2,1-2H3,(H,21,22,24). The van der Waals surface area contributed by atoms with Crippen LogP contribution in [0.1, 0.15) is 26.7 Å². The zero-order valence-corrected chi connectivity index (χ0v) is 14.5. The SMILES string of the molecule is CC(C)Oc1ccc2c(NC(=O)C3CCCO3)nn(CC(F)(F)F)c2c1. The molecule has 1 atom stereocenters. The van der Waals surface area contributed by atoms with Gasteiger partial charge in [-0.2, -0.15) is 18.3 Å². The molecule has 1 aromatic carbocycles. The highest BCUT2D eigenvalue weighted by molar-refractivity contribution is 6.01. The summed E-state index contributed by atoms with van der Waals surface area (Å²) >= 11 is 0. The molecule has 9 heteroatoms. The van der Waals surface area contributed by atoms with Crippen LogP contribution in [0.3, 0.4) is 0 Å². The molecule has 1 unspecified atom stereocenters. The second-order valence-electron chi connectivity index (χ2n) is 6.46. The molecule has 1 aliphatic heterocycles. The molecule has 2 heterocycles. The number of hydrogen-bond donors (Lipinski definition) is 1. The fraction of sp³-hybridized carbons (Fsp3) is 0.529. The molecule has 1 fully saturated rings. The van der Waals surface area contributed by atoms with E-state index in [2.05, 4.69) is 10.4 Å². The third-order valence-corrected chi connectivity index (χ3v) is 3.89. The van der Waals surface area contributed by atoms with Gasteiger partial charge in [0.05, 0.1) is 11.6 Å². The van der Waals surface area contributed by atoms with E-state index >= 15 is 0 Å². The monoisotopic (exact) mass is 371 g/mol. The van der Waals surface area contributed by atoms with E-state index < -0.39 is 24.7 Å². The Balaban J connectivity index is 1.95. The van der Waals surface area contributed by atoms with Gasteiger partial charge in [0, 0.05) is 18.1 Å². The predicted molar refractivity (Wildman–Crippen MR) is 89.2 cm³/mol. The third kappa shape index (κ3) is 4.27. The summed E-state index contributed by atoms with van der Waals surface area (Å²) in [6, 6.07) is 4.73. The van der Waals surface area contributed by atoms with Crippen molar-refractivity contribution in [1.82, 2.24) is 9.78 Å². The van der Waals surface area contributed by atoms with Crippen molar-refractivity contribution in [3.8, 4) is 5.75 Å². The van der Waals surface area contributed by atoms with Gasteiger partial charge in [-0.15, -0.1) is 0 Å². The zero-order chi connectivity index (χ0) is 18.9. The summed E-state index contributed by atoms with van der Waals surface area (Å²) in [5.74, 6) is 0.122. The van der Waals surface area contributed by atoms with Crippen molar-refractivity contribution in [2.24, 2.45) is 0 Å². The minimum absolute atomic E-state index is 0.0841.